The van der Waals surface area contributed by atoms with Gasteiger partial charge in [-0.05, 0) is 35.4 Å². The van der Waals surface area contributed by atoms with Crippen LogP contribution < -0.4 is 5.32 Å². The maximum absolute atomic E-state index is 6.79. The minimum atomic E-state index is -0.242. The average Bonchev–Trinajstić information content (AvgIpc) is 3.32. The van der Waals surface area contributed by atoms with E-state index < -0.39 is 0 Å². The molecule has 11 heteroatoms. The van der Waals surface area contributed by atoms with Crippen LogP contribution in [-0.4, -0.2) is 63.2 Å². The minimum Gasteiger partial charge on any atom is -0.379 e. The van der Waals surface area contributed by atoms with Crippen molar-refractivity contribution in [1.29, 1.82) is 0 Å². The van der Waals surface area contributed by atoms with E-state index >= 15 is 0 Å². The number of morpholine rings is 1. The Kier molecular flexibility index (Phi) is 9.23. The summed E-state index contributed by atoms with van der Waals surface area (Å²) in [7, 11) is 0. The molecule has 2 aromatic heterocycles. The third-order valence-electron chi connectivity index (χ3n) is 6.16. The van der Waals surface area contributed by atoms with E-state index in [1.807, 2.05) is 59.4 Å². The quantitative estimate of drug-likeness (QED) is 0.127. The number of benzene rings is 2. The molecular weight excluding hydrogens is 595 g/mol. The molecule has 1 aliphatic heterocycles. The summed E-state index contributed by atoms with van der Waals surface area (Å²) in [6.45, 7) is 5.60. The van der Waals surface area contributed by atoms with Crippen molar-refractivity contribution < 1.29 is 4.74 Å². The second-order valence-electron chi connectivity index (χ2n) is 8.72. The topological polar surface area (TPSA) is 68.1 Å². The van der Waals surface area contributed by atoms with Crippen molar-refractivity contribution in [2.45, 2.75) is 23.6 Å². The third kappa shape index (κ3) is 7.16. The summed E-state index contributed by atoms with van der Waals surface area (Å²) in [6, 6.07) is 15.8. The zero-order chi connectivity index (χ0) is 25.6. The number of nitrogens with zero attached hydrogens (tertiary/aromatic N) is 5. The Morgan fingerprint density at radius 1 is 1.05 bits per heavy atom. The summed E-state index contributed by atoms with van der Waals surface area (Å²) < 4.78 is 8.35. The van der Waals surface area contributed by atoms with Crippen LogP contribution in [-0.2, 0) is 17.8 Å². The Morgan fingerprint density at radius 3 is 2.57 bits per heavy atom. The average molecular weight is 622 g/mol. The van der Waals surface area contributed by atoms with E-state index in [-0.39, 0.29) is 5.38 Å². The van der Waals surface area contributed by atoms with Gasteiger partial charge in [-0.1, -0.05) is 63.6 Å². The summed E-state index contributed by atoms with van der Waals surface area (Å²) in [5.41, 5.74) is 2.91. The van der Waals surface area contributed by atoms with Crippen LogP contribution in [0.5, 0.6) is 0 Å². The van der Waals surface area contributed by atoms with E-state index in [4.69, 9.17) is 37.9 Å². The van der Waals surface area contributed by atoms with Crippen molar-refractivity contribution in [2.24, 2.45) is 0 Å². The summed E-state index contributed by atoms with van der Waals surface area (Å²) in [5, 5.41) is 10.2. The largest absolute Gasteiger partial charge is 0.379 e. The number of halogens is 3. The summed E-state index contributed by atoms with van der Waals surface area (Å²) >= 11 is 18.0. The Bertz CT molecular complexity index is 1320. The first-order chi connectivity index (χ1) is 18.0. The fourth-order valence-corrected chi connectivity index (χ4v) is 5.58. The van der Waals surface area contributed by atoms with Gasteiger partial charge in [-0.15, -0.1) is 11.6 Å². The van der Waals surface area contributed by atoms with Gasteiger partial charge in [0, 0.05) is 41.4 Å². The van der Waals surface area contributed by atoms with E-state index in [0.717, 1.165) is 81.2 Å². The van der Waals surface area contributed by atoms with Gasteiger partial charge in [-0.3, -0.25) is 4.90 Å². The molecule has 2 aromatic carbocycles. The van der Waals surface area contributed by atoms with Crippen molar-refractivity contribution in [2.75, 3.05) is 43.9 Å². The number of rotatable bonds is 10. The lowest BCUT2D eigenvalue weighted by molar-refractivity contribution is 0.0410. The second kappa shape index (κ2) is 12.8. The first kappa shape index (κ1) is 26.7. The van der Waals surface area contributed by atoms with Gasteiger partial charge in [0.2, 0.25) is 0 Å². The number of hydrogen-bond donors (Lipinski definition) is 1. The molecule has 5 rings (SSSR count). The molecule has 1 saturated heterocycles. The molecule has 3 heterocycles. The highest BCUT2D eigenvalue weighted by atomic mass is 79.9. The number of fused-ring (bicyclic) bond motifs is 1. The van der Waals surface area contributed by atoms with Crippen molar-refractivity contribution in [3.8, 4) is 0 Å². The highest BCUT2D eigenvalue weighted by Crippen LogP contribution is 2.29. The minimum absolute atomic E-state index is 0.242. The molecule has 1 aliphatic rings. The smallest absolute Gasteiger partial charge is 0.191 e. The number of aromatic nitrogens is 4. The highest BCUT2D eigenvalue weighted by molar-refractivity contribution is 9.10. The molecular formula is C26H27BrCl2N6OS. The van der Waals surface area contributed by atoms with Crippen LogP contribution >= 0.6 is 50.9 Å². The summed E-state index contributed by atoms with van der Waals surface area (Å²) in [4.78, 5) is 12.2. The van der Waals surface area contributed by atoms with E-state index in [0.29, 0.717) is 13.1 Å². The fraction of sp³-hybridized carbons (Fsp3) is 0.346. The van der Waals surface area contributed by atoms with E-state index in [9.17, 15) is 0 Å². The first-order valence-electron chi connectivity index (χ1n) is 12.1. The van der Waals surface area contributed by atoms with E-state index in [2.05, 4.69) is 31.2 Å². The van der Waals surface area contributed by atoms with Gasteiger partial charge in [0.15, 0.2) is 10.8 Å². The standard InChI is InChI=1S/C26H27BrCl2N6OS/c27-20-5-3-19(4-6-20)23(29)17-35-25-22(16-31-35)24(30-15-18-1-7-21(28)8-2-18)32-26(33-25)37-14-11-34-9-12-36-13-10-34/h1-8,16,23H,9-15,17H2,(H,30,32,33). The molecule has 0 spiro atoms. The molecule has 37 heavy (non-hydrogen) atoms. The molecule has 0 radical (unpaired) electrons. The van der Waals surface area contributed by atoms with Crippen LogP contribution in [0.15, 0.2) is 64.4 Å². The lowest BCUT2D eigenvalue weighted by atomic mass is 10.1. The zero-order valence-corrected chi connectivity index (χ0v) is 24.0. The Hall–Kier alpha value is -1.88. The molecule has 0 saturated carbocycles. The van der Waals surface area contributed by atoms with Gasteiger partial charge in [-0.2, -0.15) is 5.10 Å². The van der Waals surface area contributed by atoms with Crippen LogP contribution in [0.1, 0.15) is 16.5 Å². The molecule has 7 nitrogen and oxygen atoms in total. The first-order valence-corrected chi connectivity index (χ1v) is 14.7. The number of thioether (sulfide) groups is 1. The number of nitrogens with one attached hydrogen (secondary N) is 1. The second-order valence-corrected chi connectivity index (χ2v) is 11.7. The highest BCUT2D eigenvalue weighted by Gasteiger charge is 2.17. The van der Waals surface area contributed by atoms with E-state index in [1.165, 1.54) is 0 Å². The molecule has 1 fully saturated rings. The molecule has 0 amide bonds. The molecule has 0 bridgehead atoms. The predicted molar refractivity (Wildman–Crippen MR) is 155 cm³/mol. The van der Waals surface area contributed by atoms with Crippen LogP contribution in [0.2, 0.25) is 5.02 Å². The number of ether oxygens (including phenoxy) is 1. The number of hydrogen-bond acceptors (Lipinski definition) is 7. The SMILES string of the molecule is Clc1ccc(CNc2nc(SCCN3CCOCC3)nc3c2cnn3CC(Cl)c2ccc(Br)cc2)cc1. The maximum Gasteiger partial charge on any atom is 0.191 e. The molecule has 4 aromatic rings. The van der Waals surface area contributed by atoms with Crippen molar-refractivity contribution in [3.05, 3.63) is 75.4 Å². The van der Waals surface area contributed by atoms with Gasteiger partial charge < -0.3 is 10.1 Å². The van der Waals surface area contributed by atoms with Crippen molar-refractivity contribution in [3.63, 3.8) is 0 Å². The molecule has 1 N–H and O–H groups in total. The van der Waals surface area contributed by atoms with Crippen LogP contribution in [0.4, 0.5) is 5.82 Å². The monoisotopic (exact) mass is 620 g/mol. The summed E-state index contributed by atoms with van der Waals surface area (Å²) in [5.74, 6) is 1.66. The fourth-order valence-electron chi connectivity index (χ4n) is 4.08. The predicted octanol–water partition coefficient (Wildman–Crippen LogP) is 6.26. The molecule has 0 aliphatic carbocycles. The number of anilines is 1. The Balaban J connectivity index is 1.37. The van der Waals surface area contributed by atoms with Gasteiger partial charge in [0.1, 0.15) is 5.82 Å². The number of alkyl halides is 1. The zero-order valence-electron chi connectivity index (χ0n) is 20.1. The Labute approximate surface area is 239 Å². The molecule has 1 unspecified atom stereocenters. The van der Waals surface area contributed by atoms with Crippen molar-refractivity contribution in [1.82, 2.24) is 24.6 Å². The van der Waals surface area contributed by atoms with Gasteiger partial charge in [-0.25, -0.2) is 14.6 Å². The van der Waals surface area contributed by atoms with E-state index in [1.54, 1.807) is 11.8 Å². The molecule has 194 valence electrons. The van der Waals surface area contributed by atoms with Gasteiger partial charge in [0.25, 0.3) is 0 Å². The van der Waals surface area contributed by atoms with Crippen LogP contribution in [0, 0.1) is 0 Å². The van der Waals surface area contributed by atoms with Gasteiger partial charge >= 0.3 is 0 Å². The van der Waals surface area contributed by atoms with Crippen molar-refractivity contribution >= 4 is 67.7 Å². The Morgan fingerprint density at radius 2 is 1.81 bits per heavy atom. The molecule has 1 atom stereocenters. The lowest BCUT2D eigenvalue weighted by Gasteiger charge is -2.26. The normalized spacial score (nSPS) is 15.2. The van der Waals surface area contributed by atoms with Gasteiger partial charge in [0.05, 0.1) is 36.7 Å². The third-order valence-corrected chi connectivity index (χ3v) is 8.15. The van der Waals surface area contributed by atoms with Crippen LogP contribution in [0.3, 0.4) is 0 Å². The maximum atomic E-state index is 6.79. The van der Waals surface area contributed by atoms with Crippen LogP contribution in [0.25, 0.3) is 11.0 Å². The summed E-state index contributed by atoms with van der Waals surface area (Å²) in [6.07, 6.45) is 1.81. The lowest BCUT2D eigenvalue weighted by Crippen LogP contribution is -2.37.